The van der Waals surface area contributed by atoms with E-state index in [-0.39, 0.29) is 0 Å². The molecule has 0 spiro atoms. The van der Waals surface area contributed by atoms with Crippen molar-refractivity contribution in [1.29, 1.82) is 0 Å². The van der Waals surface area contributed by atoms with Crippen LogP contribution in [0.25, 0.3) is 21.9 Å². The lowest BCUT2D eigenvalue weighted by Crippen LogP contribution is -1.89. The smallest absolute Gasteiger partial charge is 0.263 e. The molecule has 0 fully saturated rings. The molecule has 4 nitrogen and oxygen atoms in total. The number of benzene rings is 2. The first-order valence-electron chi connectivity index (χ1n) is 6.25. The van der Waals surface area contributed by atoms with E-state index >= 15 is 0 Å². The van der Waals surface area contributed by atoms with Gasteiger partial charge in [0.15, 0.2) is 10.7 Å². The van der Waals surface area contributed by atoms with E-state index in [0.29, 0.717) is 10.4 Å². The summed E-state index contributed by atoms with van der Waals surface area (Å²) >= 11 is 7.42. The lowest BCUT2D eigenvalue weighted by atomic mass is 10.2. The van der Waals surface area contributed by atoms with Crippen LogP contribution in [0, 0.1) is 0 Å². The maximum Gasteiger partial charge on any atom is 0.263 e. The molecular weight excluding hydrogens is 306 g/mol. The van der Waals surface area contributed by atoms with E-state index in [2.05, 4.69) is 15.2 Å². The highest BCUT2D eigenvalue weighted by atomic mass is 35.5. The Kier molecular flexibility index (Phi) is 3.02. The Morgan fingerprint density at radius 1 is 0.905 bits per heavy atom. The number of oxazole rings is 1. The number of hydrogen-bond donors (Lipinski definition) is 0. The van der Waals surface area contributed by atoms with Gasteiger partial charge in [-0.25, -0.2) is 4.98 Å². The first-order chi connectivity index (χ1) is 10.3. The topological polar surface area (TPSA) is 51.8 Å². The molecule has 102 valence electrons. The highest BCUT2D eigenvalue weighted by molar-refractivity contribution is 7.99. The van der Waals surface area contributed by atoms with Gasteiger partial charge in [-0.05, 0) is 23.9 Å². The zero-order chi connectivity index (χ0) is 14.2. The van der Waals surface area contributed by atoms with E-state index < -0.39 is 0 Å². The number of halogens is 1. The Morgan fingerprint density at radius 3 is 2.52 bits per heavy atom. The van der Waals surface area contributed by atoms with Crippen molar-refractivity contribution in [3.05, 3.63) is 53.7 Å². The monoisotopic (exact) mass is 313 g/mol. The molecule has 2 aromatic carbocycles. The molecular formula is C15H8ClN3OS. The molecule has 2 heterocycles. The predicted molar refractivity (Wildman–Crippen MR) is 82.7 cm³/mol. The zero-order valence-electron chi connectivity index (χ0n) is 10.7. The van der Waals surface area contributed by atoms with E-state index in [1.165, 1.54) is 11.8 Å². The van der Waals surface area contributed by atoms with Crippen LogP contribution >= 0.6 is 23.4 Å². The Morgan fingerprint density at radius 2 is 1.67 bits per heavy atom. The number of nitrogens with zero attached hydrogens (tertiary/aromatic N) is 3. The second-order valence-electron chi connectivity index (χ2n) is 4.39. The summed E-state index contributed by atoms with van der Waals surface area (Å²) in [6.45, 7) is 0. The number of aromatic nitrogens is 3. The Labute approximate surface area is 129 Å². The van der Waals surface area contributed by atoms with Gasteiger partial charge in [-0.3, -0.25) is 0 Å². The third kappa shape index (κ3) is 2.24. The van der Waals surface area contributed by atoms with Gasteiger partial charge >= 0.3 is 0 Å². The molecule has 0 unspecified atom stereocenters. The van der Waals surface area contributed by atoms with Gasteiger partial charge in [0.2, 0.25) is 0 Å². The van der Waals surface area contributed by atoms with Crippen molar-refractivity contribution in [2.24, 2.45) is 0 Å². The van der Waals surface area contributed by atoms with Crippen LogP contribution in [0.15, 0.2) is 63.2 Å². The fourth-order valence-corrected chi connectivity index (χ4v) is 3.11. The van der Waals surface area contributed by atoms with E-state index in [0.717, 1.165) is 26.9 Å². The Balaban J connectivity index is 1.82. The fraction of sp³-hybridized carbons (Fsp3) is 0. The van der Waals surface area contributed by atoms with Gasteiger partial charge in [0.1, 0.15) is 10.5 Å². The van der Waals surface area contributed by atoms with Crippen LogP contribution in [0.1, 0.15) is 0 Å². The molecule has 4 aromatic rings. The van der Waals surface area contributed by atoms with E-state index in [9.17, 15) is 0 Å². The number of para-hydroxylation sites is 2. The summed E-state index contributed by atoms with van der Waals surface area (Å²) in [6.07, 6.45) is 0. The third-order valence-corrected chi connectivity index (χ3v) is 4.19. The summed E-state index contributed by atoms with van der Waals surface area (Å²) in [7, 11) is 0. The van der Waals surface area contributed by atoms with Gasteiger partial charge in [0.05, 0.1) is 0 Å². The van der Waals surface area contributed by atoms with Gasteiger partial charge < -0.3 is 4.42 Å². The Bertz CT molecular complexity index is 921. The molecule has 0 amide bonds. The van der Waals surface area contributed by atoms with Crippen LogP contribution in [0.4, 0.5) is 0 Å². The molecule has 0 aliphatic rings. The lowest BCUT2D eigenvalue weighted by molar-refractivity contribution is 0.489. The SMILES string of the molecule is Clc1nnc(Sc2nc3ccccc3o2)c2ccccc12. The summed E-state index contributed by atoms with van der Waals surface area (Å²) < 4.78 is 5.70. The first kappa shape index (κ1) is 12.6. The molecule has 0 aliphatic carbocycles. The molecule has 0 bridgehead atoms. The maximum atomic E-state index is 6.07. The summed E-state index contributed by atoms with van der Waals surface area (Å²) in [5, 5.41) is 11.6. The van der Waals surface area contributed by atoms with Crippen molar-refractivity contribution in [2.45, 2.75) is 10.2 Å². The van der Waals surface area contributed by atoms with Gasteiger partial charge in [0, 0.05) is 10.8 Å². The number of rotatable bonds is 2. The van der Waals surface area contributed by atoms with Crippen LogP contribution in [-0.2, 0) is 0 Å². The van der Waals surface area contributed by atoms with Gasteiger partial charge in [0.25, 0.3) is 5.22 Å². The standard InChI is InChI=1S/C15H8ClN3OS/c16-13-9-5-1-2-6-10(9)14(19-18-13)21-15-17-11-7-3-4-8-12(11)20-15/h1-8H. The molecule has 0 saturated carbocycles. The van der Waals surface area contributed by atoms with Gasteiger partial charge in [-0.2, -0.15) is 0 Å². The van der Waals surface area contributed by atoms with E-state index in [1.54, 1.807) is 0 Å². The molecule has 6 heteroatoms. The first-order valence-corrected chi connectivity index (χ1v) is 7.45. The molecule has 0 radical (unpaired) electrons. The van der Waals surface area contributed by atoms with Crippen molar-refractivity contribution in [3.63, 3.8) is 0 Å². The normalized spacial score (nSPS) is 11.3. The summed E-state index contributed by atoms with van der Waals surface area (Å²) in [5.74, 6) is 0. The molecule has 0 N–H and O–H groups in total. The van der Waals surface area contributed by atoms with Crippen LogP contribution in [0.3, 0.4) is 0 Å². The van der Waals surface area contributed by atoms with Crippen molar-refractivity contribution in [1.82, 2.24) is 15.2 Å². The minimum Gasteiger partial charge on any atom is -0.431 e. The highest BCUT2D eigenvalue weighted by Crippen LogP contribution is 2.34. The van der Waals surface area contributed by atoms with Crippen molar-refractivity contribution < 1.29 is 4.42 Å². The van der Waals surface area contributed by atoms with Crippen molar-refractivity contribution in [3.8, 4) is 0 Å². The molecule has 0 saturated heterocycles. The molecule has 21 heavy (non-hydrogen) atoms. The van der Waals surface area contributed by atoms with Crippen LogP contribution in [0.2, 0.25) is 5.15 Å². The quantitative estimate of drug-likeness (QED) is 0.542. The van der Waals surface area contributed by atoms with E-state index in [1.807, 2.05) is 48.5 Å². The van der Waals surface area contributed by atoms with Crippen LogP contribution < -0.4 is 0 Å². The summed E-state index contributed by atoms with van der Waals surface area (Å²) in [5.41, 5.74) is 1.58. The maximum absolute atomic E-state index is 6.07. The van der Waals surface area contributed by atoms with Crippen molar-refractivity contribution in [2.75, 3.05) is 0 Å². The summed E-state index contributed by atoms with van der Waals surface area (Å²) in [6, 6.07) is 15.4. The lowest BCUT2D eigenvalue weighted by Gasteiger charge is -2.02. The van der Waals surface area contributed by atoms with Gasteiger partial charge in [-0.15, -0.1) is 10.2 Å². The van der Waals surface area contributed by atoms with Gasteiger partial charge in [-0.1, -0.05) is 48.0 Å². The molecule has 2 aromatic heterocycles. The van der Waals surface area contributed by atoms with Crippen LogP contribution in [-0.4, -0.2) is 15.2 Å². The number of hydrogen-bond acceptors (Lipinski definition) is 5. The fourth-order valence-electron chi connectivity index (χ4n) is 2.10. The average Bonchev–Trinajstić information content (AvgIpc) is 2.93. The molecule has 0 atom stereocenters. The van der Waals surface area contributed by atoms with E-state index in [4.69, 9.17) is 16.0 Å². The Hall–Kier alpha value is -2.11. The molecule has 4 rings (SSSR count). The largest absolute Gasteiger partial charge is 0.431 e. The zero-order valence-corrected chi connectivity index (χ0v) is 12.2. The number of fused-ring (bicyclic) bond motifs is 2. The summed E-state index contributed by atoms with van der Waals surface area (Å²) in [4.78, 5) is 4.43. The van der Waals surface area contributed by atoms with Crippen molar-refractivity contribution >= 4 is 45.2 Å². The molecule has 0 aliphatic heterocycles. The van der Waals surface area contributed by atoms with Crippen LogP contribution in [0.5, 0.6) is 0 Å². The third-order valence-electron chi connectivity index (χ3n) is 3.07. The second kappa shape index (κ2) is 5.02. The minimum absolute atomic E-state index is 0.396. The second-order valence-corrected chi connectivity index (χ2v) is 5.69. The minimum atomic E-state index is 0.396. The highest BCUT2D eigenvalue weighted by Gasteiger charge is 2.13. The average molecular weight is 314 g/mol. The predicted octanol–water partition coefficient (Wildman–Crippen LogP) is 4.58.